The molecule has 6 nitrogen and oxygen atoms in total. The lowest BCUT2D eigenvalue weighted by atomic mass is 10.1. The van der Waals surface area contributed by atoms with Crippen molar-refractivity contribution in [1.82, 2.24) is 15.2 Å². The zero-order valence-electron chi connectivity index (χ0n) is 14.7. The van der Waals surface area contributed by atoms with Crippen molar-refractivity contribution in [2.45, 2.75) is 6.54 Å². The van der Waals surface area contributed by atoms with E-state index >= 15 is 0 Å². The highest BCUT2D eigenvalue weighted by molar-refractivity contribution is 9.10. The van der Waals surface area contributed by atoms with Gasteiger partial charge in [-0.25, -0.2) is 0 Å². The summed E-state index contributed by atoms with van der Waals surface area (Å²) >= 11 is 3.45. The second kappa shape index (κ2) is 8.18. The van der Waals surface area contributed by atoms with E-state index in [1.165, 1.54) is 11.1 Å². The molecule has 3 rings (SSSR count). The topological polar surface area (TPSA) is 82.3 Å². The monoisotopic (exact) mass is 427 g/mol. The number of hydrogen-bond donors (Lipinski definition) is 2. The summed E-state index contributed by atoms with van der Waals surface area (Å²) in [6, 6.07) is 14.6. The van der Waals surface area contributed by atoms with Crippen LogP contribution in [0.3, 0.4) is 0 Å². The Morgan fingerprint density at radius 2 is 1.81 bits per heavy atom. The summed E-state index contributed by atoms with van der Waals surface area (Å²) in [5, 5.41) is 2.96. The lowest BCUT2D eigenvalue weighted by Gasteiger charge is -2.18. The van der Waals surface area contributed by atoms with Crippen molar-refractivity contribution in [1.29, 1.82) is 0 Å². The average molecular weight is 428 g/mol. The van der Waals surface area contributed by atoms with E-state index in [2.05, 4.69) is 26.2 Å². The van der Waals surface area contributed by atoms with Gasteiger partial charge in [-0.2, -0.15) is 0 Å². The zero-order valence-corrected chi connectivity index (χ0v) is 16.2. The fourth-order valence-electron chi connectivity index (χ4n) is 2.69. The fourth-order valence-corrected chi connectivity index (χ4v) is 3.10. The molecule has 0 saturated carbocycles. The number of rotatable bonds is 5. The number of pyridine rings is 1. The molecular weight excluding hydrogens is 410 g/mol. The normalized spacial score (nSPS) is 10.6. The first-order chi connectivity index (χ1) is 13.0. The number of carbonyl (C=O) groups excluding carboxylic acids is 2. The van der Waals surface area contributed by atoms with Gasteiger partial charge in [-0.3, -0.25) is 14.4 Å². The maximum atomic E-state index is 12.4. The number of likely N-dealkylation sites (N-methyl/N-ethyl adjacent to an activating group) is 1. The molecule has 0 spiro atoms. The zero-order chi connectivity index (χ0) is 19.4. The number of nitrogens with one attached hydrogen (secondary N) is 2. The Hall–Kier alpha value is -2.93. The number of H-pyrrole nitrogens is 1. The van der Waals surface area contributed by atoms with Crippen molar-refractivity contribution >= 4 is 38.6 Å². The third kappa shape index (κ3) is 4.25. The van der Waals surface area contributed by atoms with Gasteiger partial charge in [-0.15, -0.1) is 0 Å². The Balaban J connectivity index is 1.65. The van der Waals surface area contributed by atoms with E-state index in [0.717, 1.165) is 10.0 Å². The van der Waals surface area contributed by atoms with Gasteiger partial charge >= 0.3 is 0 Å². The first-order valence-electron chi connectivity index (χ1n) is 8.33. The highest BCUT2D eigenvalue weighted by atomic mass is 79.9. The maximum Gasteiger partial charge on any atom is 0.257 e. The van der Waals surface area contributed by atoms with E-state index in [9.17, 15) is 14.4 Å². The summed E-state index contributed by atoms with van der Waals surface area (Å²) in [5.41, 5.74) is 1.24. The van der Waals surface area contributed by atoms with Crippen LogP contribution < -0.4 is 10.7 Å². The van der Waals surface area contributed by atoms with Crippen LogP contribution in [0.15, 0.2) is 64.0 Å². The number of halogens is 1. The molecule has 0 aliphatic heterocycles. The van der Waals surface area contributed by atoms with Crippen LogP contribution in [0.5, 0.6) is 0 Å². The molecule has 2 aromatic carbocycles. The van der Waals surface area contributed by atoms with Gasteiger partial charge in [0.1, 0.15) is 5.56 Å². The maximum absolute atomic E-state index is 12.4. The van der Waals surface area contributed by atoms with E-state index in [1.54, 1.807) is 31.3 Å². The van der Waals surface area contributed by atoms with Crippen LogP contribution in [0.1, 0.15) is 15.9 Å². The third-order valence-electron chi connectivity index (χ3n) is 4.22. The van der Waals surface area contributed by atoms with Gasteiger partial charge in [0, 0.05) is 35.2 Å². The number of hydrogen-bond acceptors (Lipinski definition) is 3. The number of carbonyl (C=O) groups is 2. The summed E-state index contributed by atoms with van der Waals surface area (Å²) in [6.07, 6.45) is 1.37. The highest BCUT2D eigenvalue weighted by Crippen LogP contribution is 2.17. The van der Waals surface area contributed by atoms with Crippen molar-refractivity contribution in [2.75, 3.05) is 13.6 Å². The molecule has 0 unspecified atom stereocenters. The average Bonchev–Trinajstić information content (AvgIpc) is 2.68. The van der Waals surface area contributed by atoms with Gasteiger partial charge in [0.2, 0.25) is 11.3 Å². The summed E-state index contributed by atoms with van der Waals surface area (Å²) in [4.78, 5) is 41.5. The Labute approximate surface area is 164 Å². The highest BCUT2D eigenvalue weighted by Gasteiger charge is 2.16. The van der Waals surface area contributed by atoms with Crippen LogP contribution in [-0.2, 0) is 11.3 Å². The SMILES string of the molecule is CN(Cc1ccccc1Br)C(=O)CNC(=O)c1c[nH]c2ccccc2c1=O. The predicted molar refractivity (Wildman–Crippen MR) is 108 cm³/mol. The first kappa shape index (κ1) is 18.8. The summed E-state index contributed by atoms with van der Waals surface area (Å²) in [5.74, 6) is -0.832. The summed E-state index contributed by atoms with van der Waals surface area (Å²) in [6.45, 7) is 0.221. The van der Waals surface area contributed by atoms with E-state index < -0.39 is 5.91 Å². The van der Waals surface area contributed by atoms with Gasteiger partial charge in [0.15, 0.2) is 0 Å². The molecule has 0 radical (unpaired) electrons. The molecule has 0 saturated heterocycles. The molecular formula is C20H18BrN3O3. The number of benzene rings is 2. The van der Waals surface area contributed by atoms with Crippen molar-refractivity contribution in [3.63, 3.8) is 0 Å². The lowest BCUT2D eigenvalue weighted by molar-refractivity contribution is -0.129. The van der Waals surface area contributed by atoms with Gasteiger partial charge in [0.05, 0.1) is 6.54 Å². The first-order valence-corrected chi connectivity index (χ1v) is 9.12. The molecule has 0 bridgehead atoms. The molecule has 1 aromatic heterocycles. The summed E-state index contributed by atoms with van der Waals surface area (Å²) in [7, 11) is 1.66. The van der Waals surface area contributed by atoms with E-state index in [0.29, 0.717) is 17.4 Å². The molecule has 27 heavy (non-hydrogen) atoms. The molecule has 0 atom stereocenters. The van der Waals surface area contributed by atoms with Crippen LogP contribution in [0, 0.1) is 0 Å². The van der Waals surface area contributed by atoms with Crippen LogP contribution in [-0.4, -0.2) is 35.3 Å². The molecule has 3 aromatic rings. The standard InChI is InChI=1S/C20H18BrN3O3/c1-24(12-13-6-2-4-8-16(13)21)18(25)11-23-20(27)15-10-22-17-9-5-3-7-14(17)19(15)26/h2-10H,11-12H2,1H3,(H,22,26)(H,23,27). The van der Waals surface area contributed by atoms with E-state index in [4.69, 9.17) is 0 Å². The van der Waals surface area contributed by atoms with Gasteiger partial charge < -0.3 is 15.2 Å². The minimum absolute atomic E-state index is 0.0186. The van der Waals surface area contributed by atoms with Gasteiger partial charge in [0.25, 0.3) is 5.91 Å². The quantitative estimate of drug-likeness (QED) is 0.656. The van der Waals surface area contributed by atoms with Crippen LogP contribution in [0.2, 0.25) is 0 Å². The minimum atomic E-state index is -0.579. The number of nitrogens with zero attached hydrogens (tertiary/aromatic N) is 1. The number of fused-ring (bicyclic) bond motifs is 1. The van der Waals surface area contributed by atoms with Gasteiger partial charge in [-0.1, -0.05) is 46.3 Å². The molecule has 2 amide bonds. The molecule has 138 valence electrons. The molecule has 1 heterocycles. The Bertz CT molecular complexity index is 1060. The predicted octanol–water partition coefficient (Wildman–Crippen LogP) is 2.68. The van der Waals surface area contributed by atoms with Crippen molar-refractivity contribution in [3.05, 3.63) is 80.6 Å². The van der Waals surface area contributed by atoms with Gasteiger partial charge in [-0.05, 0) is 23.8 Å². The van der Waals surface area contributed by atoms with Crippen LogP contribution in [0.25, 0.3) is 10.9 Å². The molecule has 0 aliphatic rings. The molecule has 7 heteroatoms. The number of para-hydroxylation sites is 1. The van der Waals surface area contributed by atoms with E-state index in [1.807, 2.05) is 24.3 Å². The third-order valence-corrected chi connectivity index (χ3v) is 5.00. The molecule has 0 aliphatic carbocycles. The molecule has 2 N–H and O–H groups in total. The fraction of sp³-hybridized carbons (Fsp3) is 0.150. The Morgan fingerprint density at radius 1 is 1.11 bits per heavy atom. The Morgan fingerprint density at radius 3 is 2.59 bits per heavy atom. The smallest absolute Gasteiger partial charge is 0.257 e. The summed E-state index contributed by atoms with van der Waals surface area (Å²) < 4.78 is 0.913. The van der Waals surface area contributed by atoms with Crippen molar-refractivity contribution < 1.29 is 9.59 Å². The second-order valence-corrected chi connectivity index (χ2v) is 6.96. The number of aromatic nitrogens is 1. The van der Waals surface area contributed by atoms with Crippen molar-refractivity contribution in [2.24, 2.45) is 0 Å². The second-order valence-electron chi connectivity index (χ2n) is 6.10. The lowest BCUT2D eigenvalue weighted by Crippen LogP contribution is -2.39. The van der Waals surface area contributed by atoms with E-state index in [-0.39, 0.29) is 23.4 Å². The Kier molecular flexibility index (Phi) is 5.71. The van der Waals surface area contributed by atoms with Crippen LogP contribution in [0.4, 0.5) is 0 Å². The van der Waals surface area contributed by atoms with Crippen LogP contribution >= 0.6 is 15.9 Å². The minimum Gasteiger partial charge on any atom is -0.360 e. The molecule has 0 fully saturated rings. The number of amides is 2. The number of aromatic amines is 1. The van der Waals surface area contributed by atoms with Crippen molar-refractivity contribution in [3.8, 4) is 0 Å². The largest absolute Gasteiger partial charge is 0.360 e.